The van der Waals surface area contributed by atoms with Gasteiger partial charge in [-0.15, -0.1) is 5.10 Å². The Kier molecular flexibility index (Phi) is 3.06. The maximum Gasteiger partial charge on any atom is 0.343 e. The minimum atomic E-state index is -1.01. The fraction of sp³-hybridized carbons (Fsp3) is 0.462. The molecule has 1 aliphatic rings. The van der Waals surface area contributed by atoms with Crippen LogP contribution in [-0.2, 0) is 4.74 Å². The molecule has 2 aromatic rings. The molecule has 0 saturated carbocycles. The van der Waals surface area contributed by atoms with Crippen molar-refractivity contribution in [3.05, 3.63) is 24.0 Å². The highest BCUT2D eigenvalue weighted by Crippen LogP contribution is 2.25. The Labute approximate surface area is 115 Å². The number of hydrogen-bond donors (Lipinski definition) is 1. The molecule has 1 saturated heterocycles. The van der Waals surface area contributed by atoms with Gasteiger partial charge in [0.15, 0.2) is 11.5 Å². The van der Waals surface area contributed by atoms with Gasteiger partial charge in [-0.3, -0.25) is 0 Å². The van der Waals surface area contributed by atoms with Gasteiger partial charge in [0.25, 0.3) is 0 Å². The summed E-state index contributed by atoms with van der Waals surface area (Å²) in [5.41, 5.74) is 0.508. The Morgan fingerprint density at radius 2 is 2.10 bits per heavy atom. The van der Waals surface area contributed by atoms with E-state index in [1.165, 1.54) is 4.52 Å². The number of rotatable bonds is 2. The van der Waals surface area contributed by atoms with Gasteiger partial charge in [-0.2, -0.15) is 0 Å². The molecule has 2 atom stereocenters. The molecule has 0 spiro atoms. The van der Waals surface area contributed by atoms with E-state index >= 15 is 0 Å². The lowest BCUT2D eigenvalue weighted by atomic mass is 10.2. The van der Waals surface area contributed by atoms with Crippen molar-refractivity contribution in [2.75, 3.05) is 18.0 Å². The molecule has 0 radical (unpaired) electrons. The number of anilines is 1. The third-order valence-corrected chi connectivity index (χ3v) is 3.31. The van der Waals surface area contributed by atoms with Crippen LogP contribution < -0.4 is 4.90 Å². The molecule has 1 aliphatic heterocycles. The highest BCUT2D eigenvalue weighted by molar-refractivity contribution is 6.00. The van der Waals surface area contributed by atoms with Crippen LogP contribution in [0.2, 0.25) is 0 Å². The fourth-order valence-electron chi connectivity index (χ4n) is 2.64. The fourth-order valence-corrected chi connectivity index (χ4v) is 2.64. The van der Waals surface area contributed by atoms with Crippen LogP contribution >= 0.6 is 0 Å². The van der Waals surface area contributed by atoms with Crippen molar-refractivity contribution < 1.29 is 14.6 Å². The van der Waals surface area contributed by atoms with Gasteiger partial charge in [-0.1, -0.05) is 0 Å². The first-order valence-electron chi connectivity index (χ1n) is 6.53. The molecule has 2 aromatic heterocycles. The first-order valence-corrected chi connectivity index (χ1v) is 6.53. The number of morpholine rings is 1. The Morgan fingerprint density at radius 1 is 1.40 bits per heavy atom. The lowest BCUT2D eigenvalue weighted by Gasteiger charge is -2.35. The zero-order valence-electron chi connectivity index (χ0n) is 11.4. The number of fused-ring (bicyclic) bond motifs is 1. The summed E-state index contributed by atoms with van der Waals surface area (Å²) in [7, 11) is 0. The van der Waals surface area contributed by atoms with Gasteiger partial charge in [0.2, 0.25) is 0 Å². The molecule has 3 heterocycles. The quantitative estimate of drug-likeness (QED) is 0.883. The monoisotopic (exact) mass is 276 g/mol. The third kappa shape index (κ3) is 2.09. The molecule has 3 rings (SSSR count). The molecule has 0 unspecified atom stereocenters. The van der Waals surface area contributed by atoms with Crippen molar-refractivity contribution in [3.8, 4) is 0 Å². The van der Waals surface area contributed by atoms with Gasteiger partial charge in [-0.25, -0.2) is 14.3 Å². The summed E-state index contributed by atoms with van der Waals surface area (Å²) in [6.07, 6.45) is 3.35. The van der Waals surface area contributed by atoms with Crippen LogP contribution in [-0.4, -0.2) is 51.0 Å². The number of carboxylic acids is 1. The summed E-state index contributed by atoms with van der Waals surface area (Å²) in [5, 5.41) is 13.8. The molecule has 106 valence electrons. The summed E-state index contributed by atoms with van der Waals surface area (Å²) < 4.78 is 7.18. The Balaban J connectivity index is 2.10. The van der Waals surface area contributed by atoms with Gasteiger partial charge in [0.1, 0.15) is 5.56 Å². The van der Waals surface area contributed by atoms with Crippen LogP contribution in [0.4, 0.5) is 5.82 Å². The van der Waals surface area contributed by atoms with E-state index in [1.54, 1.807) is 18.5 Å². The minimum Gasteiger partial charge on any atom is -0.477 e. The van der Waals surface area contributed by atoms with Crippen LogP contribution in [0.5, 0.6) is 0 Å². The summed E-state index contributed by atoms with van der Waals surface area (Å²) in [6, 6.07) is 1.72. The molecular weight excluding hydrogens is 260 g/mol. The average Bonchev–Trinajstić information content (AvgIpc) is 2.76. The molecule has 7 nitrogen and oxygen atoms in total. The van der Waals surface area contributed by atoms with Gasteiger partial charge < -0.3 is 14.7 Å². The van der Waals surface area contributed by atoms with Gasteiger partial charge >= 0.3 is 5.97 Å². The topological polar surface area (TPSA) is 80.0 Å². The molecule has 20 heavy (non-hydrogen) atoms. The average molecular weight is 276 g/mol. The summed E-state index contributed by atoms with van der Waals surface area (Å²) in [6.45, 7) is 5.18. The van der Waals surface area contributed by atoms with E-state index in [0.717, 1.165) is 0 Å². The molecule has 0 aliphatic carbocycles. The van der Waals surface area contributed by atoms with E-state index in [2.05, 4.69) is 10.1 Å². The highest BCUT2D eigenvalue weighted by atomic mass is 16.5. The van der Waals surface area contributed by atoms with E-state index in [4.69, 9.17) is 4.74 Å². The minimum absolute atomic E-state index is 0.0400. The van der Waals surface area contributed by atoms with Crippen molar-refractivity contribution in [2.24, 2.45) is 0 Å². The summed E-state index contributed by atoms with van der Waals surface area (Å²) in [4.78, 5) is 17.6. The normalized spacial score (nSPS) is 23.2. The van der Waals surface area contributed by atoms with Crippen LogP contribution in [0.15, 0.2) is 18.5 Å². The zero-order valence-corrected chi connectivity index (χ0v) is 11.4. The SMILES string of the molecule is C[C@@H]1CN(c2nn3cccnc3c2C(=O)O)C[C@@H](C)O1. The second kappa shape index (κ2) is 4.75. The van der Waals surface area contributed by atoms with E-state index in [1.807, 2.05) is 18.7 Å². The Bertz CT molecular complexity index is 644. The molecular formula is C13H16N4O3. The molecule has 7 heteroatoms. The largest absolute Gasteiger partial charge is 0.477 e. The predicted molar refractivity (Wildman–Crippen MR) is 72.2 cm³/mol. The van der Waals surface area contributed by atoms with Gasteiger partial charge in [0.05, 0.1) is 12.2 Å². The standard InChI is InChI=1S/C13H16N4O3/c1-8-6-16(7-9(2)20-8)12-10(13(18)19)11-14-4-3-5-17(11)15-12/h3-5,8-9H,6-7H2,1-2H3,(H,18,19)/t8-,9-/m1/s1. The van der Waals surface area contributed by atoms with Crippen molar-refractivity contribution in [3.63, 3.8) is 0 Å². The van der Waals surface area contributed by atoms with E-state index in [0.29, 0.717) is 24.6 Å². The molecule has 0 bridgehead atoms. The maximum absolute atomic E-state index is 11.6. The zero-order chi connectivity index (χ0) is 14.3. The predicted octanol–water partition coefficient (Wildman–Crippen LogP) is 1.04. The van der Waals surface area contributed by atoms with Crippen LogP contribution in [0, 0.1) is 0 Å². The van der Waals surface area contributed by atoms with Gasteiger partial charge in [-0.05, 0) is 19.9 Å². The Morgan fingerprint density at radius 3 is 2.75 bits per heavy atom. The number of ether oxygens (including phenoxy) is 1. The number of carboxylic acid groups (broad SMARTS) is 1. The number of hydrogen-bond acceptors (Lipinski definition) is 5. The summed E-state index contributed by atoms with van der Waals surface area (Å²) >= 11 is 0. The smallest absolute Gasteiger partial charge is 0.343 e. The van der Waals surface area contributed by atoms with E-state index in [-0.39, 0.29) is 17.8 Å². The van der Waals surface area contributed by atoms with Crippen molar-refractivity contribution in [1.82, 2.24) is 14.6 Å². The summed E-state index contributed by atoms with van der Waals surface area (Å²) in [5.74, 6) is -0.557. The first-order chi connectivity index (χ1) is 9.56. The Hall–Kier alpha value is -2.15. The van der Waals surface area contributed by atoms with E-state index < -0.39 is 5.97 Å². The van der Waals surface area contributed by atoms with E-state index in [9.17, 15) is 9.90 Å². The second-order valence-corrected chi connectivity index (χ2v) is 5.05. The van der Waals surface area contributed by atoms with Crippen molar-refractivity contribution in [2.45, 2.75) is 26.1 Å². The number of aromatic carboxylic acids is 1. The highest BCUT2D eigenvalue weighted by Gasteiger charge is 2.29. The van der Waals surface area contributed by atoms with Crippen LogP contribution in [0.25, 0.3) is 5.65 Å². The molecule has 1 N–H and O–H groups in total. The molecule has 1 fully saturated rings. The lowest BCUT2D eigenvalue weighted by Crippen LogP contribution is -2.46. The lowest BCUT2D eigenvalue weighted by molar-refractivity contribution is -0.00557. The second-order valence-electron chi connectivity index (χ2n) is 5.05. The van der Waals surface area contributed by atoms with Crippen molar-refractivity contribution in [1.29, 1.82) is 0 Å². The van der Waals surface area contributed by atoms with Crippen LogP contribution in [0.3, 0.4) is 0 Å². The van der Waals surface area contributed by atoms with Gasteiger partial charge in [0, 0.05) is 25.5 Å². The third-order valence-electron chi connectivity index (χ3n) is 3.31. The maximum atomic E-state index is 11.6. The molecule has 0 aromatic carbocycles. The molecule has 0 amide bonds. The van der Waals surface area contributed by atoms with Crippen LogP contribution in [0.1, 0.15) is 24.2 Å². The number of aromatic nitrogens is 3. The number of carbonyl (C=O) groups is 1. The first kappa shape index (κ1) is 12.9. The number of nitrogens with zero attached hydrogens (tertiary/aromatic N) is 4. The van der Waals surface area contributed by atoms with Crippen molar-refractivity contribution >= 4 is 17.4 Å².